The van der Waals surface area contributed by atoms with Crippen molar-refractivity contribution in [3.05, 3.63) is 96.6 Å². The van der Waals surface area contributed by atoms with E-state index >= 15 is 0 Å². The van der Waals surface area contributed by atoms with E-state index in [1.165, 1.54) is 16.3 Å². The lowest BCUT2D eigenvalue weighted by Gasteiger charge is -1.99. The number of fused-ring (bicyclic) bond motifs is 1. The third-order valence-electron chi connectivity index (χ3n) is 3.46. The van der Waals surface area contributed by atoms with Crippen molar-refractivity contribution in [2.75, 3.05) is 0 Å². The van der Waals surface area contributed by atoms with Gasteiger partial charge in [0.15, 0.2) is 0 Å². The zero-order valence-electron chi connectivity index (χ0n) is 12.5. The molecule has 110 valence electrons. The quantitative estimate of drug-likeness (QED) is 0.481. The van der Waals surface area contributed by atoms with Crippen molar-refractivity contribution < 1.29 is 0 Å². The third-order valence-corrected chi connectivity index (χ3v) is 3.75. The summed E-state index contributed by atoms with van der Waals surface area (Å²) in [5.74, 6) is 0.558. The van der Waals surface area contributed by atoms with Gasteiger partial charge in [0.05, 0.1) is 0 Å². The summed E-state index contributed by atoms with van der Waals surface area (Å²) in [4.78, 5) is 0. The topological polar surface area (TPSA) is 0 Å². The molecule has 0 bridgehead atoms. The summed E-state index contributed by atoms with van der Waals surface area (Å²) in [6.45, 7) is 7.46. The molecule has 0 nitrogen and oxygen atoms in total. The summed E-state index contributed by atoms with van der Waals surface area (Å²) in [5, 5.41) is 2.55. The van der Waals surface area contributed by atoms with Crippen LogP contribution in [0.4, 0.5) is 0 Å². The Kier molecular flexibility index (Phi) is 6.00. The molecule has 0 aromatic heterocycles. The second-order valence-corrected chi connectivity index (χ2v) is 5.08. The van der Waals surface area contributed by atoms with E-state index in [-0.39, 0.29) is 0 Å². The molecule has 3 rings (SSSR count). The Morgan fingerprint density at radius 2 is 1.32 bits per heavy atom. The van der Waals surface area contributed by atoms with E-state index in [4.69, 9.17) is 11.6 Å². The van der Waals surface area contributed by atoms with E-state index in [0.717, 1.165) is 11.1 Å². The molecule has 0 N–H and O–H groups in total. The monoisotopic (exact) mass is 306 g/mol. The van der Waals surface area contributed by atoms with Crippen LogP contribution in [0.15, 0.2) is 79.9 Å². The van der Waals surface area contributed by atoms with E-state index in [1.54, 1.807) is 0 Å². The molecular formula is C21H19Cl. The minimum atomic E-state index is 0.558. The highest BCUT2D eigenvalue weighted by Gasteiger charge is 1.94. The predicted octanol–water partition coefficient (Wildman–Crippen LogP) is 6.55. The van der Waals surface area contributed by atoms with Crippen molar-refractivity contribution in [1.29, 1.82) is 0 Å². The number of halogens is 1. The predicted molar refractivity (Wildman–Crippen MR) is 100 cm³/mol. The number of rotatable bonds is 3. The highest BCUT2D eigenvalue weighted by atomic mass is 35.5. The Hall–Kier alpha value is -2.31. The van der Waals surface area contributed by atoms with E-state index < -0.39 is 0 Å². The van der Waals surface area contributed by atoms with Crippen molar-refractivity contribution >= 4 is 34.5 Å². The summed E-state index contributed by atoms with van der Waals surface area (Å²) in [6, 6.07) is 22.5. The van der Waals surface area contributed by atoms with Crippen molar-refractivity contribution in [1.82, 2.24) is 0 Å². The van der Waals surface area contributed by atoms with Crippen LogP contribution >= 0.6 is 11.6 Å². The van der Waals surface area contributed by atoms with Crippen molar-refractivity contribution in [3.63, 3.8) is 0 Å². The van der Waals surface area contributed by atoms with Gasteiger partial charge in [-0.25, -0.2) is 0 Å². The van der Waals surface area contributed by atoms with Gasteiger partial charge in [0.25, 0.3) is 0 Å². The van der Waals surface area contributed by atoms with Crippen molar-refractivity contribution in [3.8, 4) is 0 Å². The Morgan fingerprint density at radius 1 is 0.727 bits per heavy atom. The standard InChI is InChI=1S/C12H10.C9H9Cl/c1-2-10-7-5-8-11-6-3-4-9-12(10)11;1-2-8-5-3-4-6-9(8)7-10/h2-9H,1H2;2-6H,1,7H2. The molecule has 0 radical (unpaired) electrons. The molecule has 1 heteroatoms. The van der Waals surface area contributed by atoms with Gasteiger partial charge in [-0.3, -0.25) is 0 Å². The molecule has 22 heavy (non-hydrogen) atoms. The maximum Gasteiger partial charge on any atom is 0.0479 e. The van der Waals surface area contributed by atoms with Gasteiger partial charge in [-0.1, -0.05) is 92.0 Å². The maximum absolute atomic E-state index is 5.66. The van der Waals surface area contributed by atoms with E-state index in [2.05, 4.69) is 55.6 Å². The van der Waals surface area contributed by atoms with Crippen LogP contribution in [0.1, 0.15) is 16.7 Å². The van der Waals surface area contributed by atoms with Crippen LogP contribution in [-0.2, 0) is 5.88 Å². The summed E-state index contributed by atoms with van der Waals surface area (Å²) < 4.78 is 0. The molecule has 0 aliphatic heterocycles. The second kappa shape index (κ2) is 8.21. The van der Waals surface area contributed by atoms with E-state index in [1.807, 2.05) is 36.4 Å². The van der Waals surface area contributed by atoms with Gasteiger partial charge in [-0.15, -0.1) is 11.6 Å². The van der Waals surface area contributed by atoms with Gasteiger partial charge < -0.3 is 0 Å². The van der Waals surface area contributed by atoms with E-state index in [0.29, 0.717) is 5.88 Å². The Labute approximate surface area is 137 Å². The lowest BCUT2D eigenvalue weighted by atomic mass is 10.1. The Balaban J connectivity index is 0.000000164. The summed E-state index contributed by atoms with van der Waals surface area (Å²) >= 11 is 5.66. The first-order chi connectivity index (χ1) is 10.8. The third kappa shape index (κ3) is 3.87. The highest BCUT2D eigenvalue weighted by Crippen LogP contribution is 2.18. The minimum Gasteiger partial charge on any atom is -0.122 e. The smallest absolute Gasteiger partial charge is 0.0479 e. The molecule has 3 aromatic carbocycles. The SMILES string of the molecule is C=Cc1cccc2ccccc12.C=Cc1ccccc1CCl. The first-order valence-electron chi connectivity index (χ1n) is 7.16. The lowest BCUT2D eigenvalue weighted by Crippen LogP contribution is -1.81. The molecule has 0 aliphatic rings. The van der Waals surface area contributed by atoms with Crippen molar-refractivity contribution in [2.24, 2.45) is 0 Å². The fourth-order valence-corrected chi connectivity index (χ4v) is 2.53. The van der Waals surface area contributed by atoms with Gasteiger partial charge in [-0.05, 0) is 27.5 Å². The molecule has 0 aliphatic carbocycles. The van der Waals surface area contributed by atoms with Gasteiger partial charge in [0.2, 0.25) is 0 Å². The van der Waals surface area contributed by atoms with Crippen LogP contribution in [0.5, 0.6) is 0 Å². The molecule has 3 aromatic rings. The molecule has 0 fully saturated rings. The number of hydrogen-bond acceptors (Lipinski definition) is 0. The lowest BCUT2D eigenvalue weighted by molar-refractivity contribution is 1.38. The Morgan fingerprint density at radius 3 is 2.00 bits per heavy atom. The second-order valence-electron chi connectivity index (χ2n) is 4.81. The largest absolute Gasteiger partial charge is 0.122 e. The van der Waals surface area contributed by atoms with Crippen LogP contribution in [0.25, 0.3) is 22.9 Å². The molecule has 0 heterocycles. The van der Waals surface area contributed by atoms with E-state index in [9.17, 15) is 0 Å². The van der Waals surface area contributed by atoms with Crippen LogP contribution in [0.2, 0.25) is 0 Å². The number of hydrogen-bond donors (Lipinski definition) is 0. The zero-order chi connectivity index (χ0) is 15.8. The molecular weight excluding hydrogens is 288 g/mol. The van der Waals surface area contributed by atoms with Gasteiger partial charge >= 0.3 is 0 Å². The van der Waals surface area contributed by atoms with Crippen LogP contribution in [0.3, 0.4) is 0 Å². The highest BCUT2D eigenvalue weighted by molar-refractivity contribution is 6.17. The first kappa shape index (κ1) is 16.1. The van der Waals surface area contributed by atoms with Gasteiger partial charge in [-0.2, -0.15) is 0 Å². The molecule has 0 amide bonds. The van der Waals surface area contributed by atoms with Gasteiger partial charge in [0.1, 0.15) is 0 Å². The van der Waals surface area contributed by atoms with Gasteiger partial charge in [0, 0.05) is 5.88 Å². The normalized spacial score (nSPS) is 9.68. The summed E-state index contributed by atoms with van der Waals surface area (Å²) in [6.07, 6.45) is 3.71. The Bertz CT molecular complexity index is 766. The van der Waals surface area contributed by atoms with Crippen LogP contribution in [-0.4, -0.2) is 0 Å². The van der Waals surface area contributed by atoms with Crippen LogP contribution < -0.4 is 0 Å². The fourth-order valence-electron chi connectivity index (χ4n) is 2.28. The molecule has 0 saturated carbocycles. The van der Waals surface area contributed by atoms with Crippen molar-refractivity contribution in [2.45, 2.75) is 5.88 Å². The number of benzene rings is 3. The summed E-state index contributed by atoms with van der Waals surface area (Å²) in [5.41, 5.74) is 3.46. The van der Waals surface area contributed by atoms with Crippen LogP contribution in [0, 0.1) is 0 Å². The first-order valence-corrected chi connectivity index (χ1v) is 7.70. The zero-order valence-corrected chi connectivity index (χ0v) is 13.3. The molecule has 0 spiro atoms. The molecule has 0 saturated heterocycles. The minimum absolute atomic E-state index is 0.558. The summed E-state index contributed by atoms with van der Waals surface area (Å²) in [7, 11) is 0. The average molecular weight is 307 g/mol. The number of alkyl halides is 1. The fraction of sp³-hybridized carbons (Fsp3) is 0.0476. The maximum atomic E-state index is 5.66. The molecule has 0 unspecified atom stereocenters. The molecule has 0 atom stereocenters. The average Bonchev–Trinajstić information content (AvgIpc) is 2.61.